The van der Waals surface area contributed by atoms with Crippen molar-refractivity contribution < 1.29 is 14.6 Å². The third-order valence-corrected chi connectivity index (χ3v) is 4.70. The fourth-order valence-electron chi connectivity index (χ4n) is 3.65. The van der Waals surface area contributed by atoms with Gasteiger partial charge in [0, 0.05) is 0 Å². The second kappa shape index (κ2) is 4.70. The first kappa shape index (κ1) is 13.6. The monoisotopic (exact) mass is 294 g/mol. The standard InChI is InChI=1S/C19H18O3/c1-14(20)19-17(12-13-21-19)18(22-19,15-8-4-2-5-9-15)16-10-6-3-7-11-16/h2-14,17,20H,1H3. The van der Waals surface area contributed by atoms with E-state index in [0.717, 1.165) is 11.1 Å². The second-order valence-electron chi connectivity index (χ2n) is 5.89. The summed E-state index contributed by atoms with van der Waals surface area (Å²) in [4.78, 5) is 0. The van der Waals surface area contributed by atoms with Crippen LogP contribution in [-0.2, 0) is 15.1 Å². The van der Waals surface area contributed by atoms with E-state index in [4.69, 9.17) is 9.47 Å². The van der Waals surface area contributed by atoms with E-state index in [0.29, 0.717) is 0 Å². The maximum absolute atomic E-state index is 10.2. The quantitative estimate of drug-likeness (QED) is 0.945. The molecule has 0 aliphatic carbocycles. The SMILES string of the molecule is CC(O)C12OC=CC1C(c1ccccc1)(c1ccccc1)O2. The summed E-state index contributed by atoms with van der Waals surface area (Å²) in [5, 5.41) is 10.2. The largest absolute Gasteiger partial charge is 0.467 e. The molecule has 3 unspecified atom stereocenters. The van der Waals surface area contributed by atoms with Crippen molar-refractivity contribution in [3.8, 4) is 0 Å². The van der Waals surface area contributed by atoms with Gasteiger partial charge in [0.25, 0.3) is 0 Å². The number of ether oxygens (including phenoxy) is 2. The van der Waals surface area contributed by atoms with Crippen molar-refractivity contribution in [3.63, 3.8) is 0 Å². The van der Waals surface area contributed by atoms with Gasteiger partial charge in [-0.2, -0.15) is 0 Å². The first-order chi connectivity index (χ1) is 10.7. The molecule has 4 rings (SSSR count). The molecule has 2 aromatic carbocycles. The molecule has 1 N–H and O–H groups in total. The molecule has 2 aromatic rings. The summed E-state index contributed by atoms with van der Waals surface area (Å²) in [6, 6.07) is 20.2. The molecule has 1 fully saturated rings. The van der Waals surface area contributed by atoms with Gasteiger partial charge in [0.2, 0.25) is 5.79 Å². The number of hydrogen-bond donors (Lipinski definition) is 1. The van der Waals surface area contributed by atoms with Crippen LogP contribution in [0.4, 0.5) is 0 Å². The first-order valence-electron chi connectivity index (χ1n) is 7.54. The summed E-state index contributed by atoms with van der Waals surface area (Å²) < 4.78 is 12.0. The van der Waals surface area contributed by atoms with E-state index in [1.165, 1.54) is 0 Å². The van der Waals surface area contributed by atoms with E-state index < -0.39 is 17.5 Å². The molecule has 1 saturated heterocycles. The zero-order chi connectivity index (χ0) is 15.2. The van der Waals surface area contributed by atoms with Crippen molar-refractivity contribution in [2.75, 3.05) is 0 Å². The Morgan fingerprint density at radius 3 is 2.00 bits per heavy atom. The highest BCUT2D eigenvalue weighted by Gasteiger charge is 2.71. The summed E-state index contributed by atoms with van der Waals surface area (Å²) in [7, 11) is 0. The highest BCUT2D eigenvalue weighted by atomic mass is 16.7. The van der Waals surface area contributed by atoms with Crippen LogP contribution in [0.2, 0.25) is 0 Å². The molecule has 3 atom stereocenters. The van der Waals surface area contributed by atoms with Crippen molar-refractivity contribution in [2.45, 2.75) is 24.4 Å². The van der Waals surface area contributed by atoms with Gasteiger partial charge in [-0.15, -0.1) is 0 Å². The summed E-state index contributed by atoms with van der Waals surface area (Å²) in [5.41, 5.74) is 1.52. The summed E-state index contributed by atoms with van der Waals surface area (Å²) >= 11 is 0. The van der Waals surface area contributed by atoms with Crippen LogP contribution in [0.3, 0.4) is 0 Å². The number of benzene rings is 2. The van der Waals surface area contributed by atoms with Crippen LogP contribution in [-0.4, -0.2) is 17.0 Å². The lowest BCUT2D eigenvalue weighted by Gasteiger charge is -2.59. The van der Waals surface area contributed by atoms with Crippen LogP contribution in [0, 0.1) is 5.92 Å². The lowest BCUT2D eigenvalue weighted by atomic mass is 9.66. The van der Waals surface area contributed by atoms with E-state index >= 15 is 0 Å². The van der Waals surface area contributed by atoms with Crippen molar-refractivity contribution in [2.24, 2.45) is 5.92 Å². The second-order valence-corrected chi connectivity index (χ2v) is 5.89. The topological polar surface area (TPSA) is 38.7 Å². The van der Waals surface area contributed by atoms with Gasteiger partial charge in [-0.05, 0) is 24.1 Å². The smallest absolute Gasteiger partial charge is 0.246 e. The minimum absolute atomic E-state index is 0.0650. The Balaban J connectivity index is 1.88. The molecule has 0 radical (unpaired) electrons. The Kier molecular flexibility index (Phi) is 2.90. The van der Waals surface area contributed by atoms with Crippen LogP contribution in [0.25, 0.3) is 0 Å². The van der Waals surface area contributed by atoms with E-state index in [1.54, 1.807) is 13.2 Å². The van der Waals surface area contributed by atoms with Gasteiger partial charge in [0.05, 0.1) is 12.2 Å². The predicted octanol–water partition coefficient (Wildman–Crippen LogP) is 3.20. The Labute approximate surface area is 129 Å². The van der Waals surface area contributed by atoms with Gasteiger partial charge in [-0.25, -0.2) is 0 Å². The van der Waals surface area contributed by atoms with Crippen LogP contribution in [0.5, 0.6) is 0 Å². The first-order valence-corrected chi connectivity index (χ1v) is 7.54. The fourth-order valence-corrected chi connectivity index (χ4v) is 3.65. The Morgan fingerprint density at radius 2 is 1.50 bits per heavy atom. The third-order valence-electron chi connectivity index (χ3n) is 4.70. The van der Waals surface area contributed by atoms with Gasteiger partial charge in [0.15, 0.2) is 0 Å². The lowest BCUT2D eigenvalue weighted by Crippen LogP contribution is -2.69. The summed E-state index contributed by atoms with van der Waals surface area (Å²) in [6.45, 7) is 1.71. The molecule has 0 aromatic heterocycles. The fraction of sp³-hybridized carbons (Fsp3) is 0.263. The van der Waals surface area contributed by atoms with Crippen molar-refractivity contribution >= 4 is 0 Å². The minimum atomic E-state index is -0.980. The van der Waals surface area contributed by atoms with Gasteiger partial charge in [0.1, 0.15) is 11.7 Å². The van der Waals surface area contributed by atoms with Gasteiger partial charge < -0.3 is 14.6 Å². The highest BCUT2D eigenvalue weighted by Crippen LogP contribution is 2.61. The number of aliphatic hydroxyl groups is 1. The molecule has 112 valence electrons. The number of hydrogen-bond acceptors (Lipinski definition) is 3. The van der Waals surface area contributed by atoms with Gasteiger partial charge in [-0.3, -0.25) is 0 Å². The maximum Gasteiger partial charge on any atom is 0.246 e. The van der Waals surface area contributed by atoms with E-state index in [2.05, 4.69) is 24.3 Å². The summed E-state index contributed by atoms with van der Waals surface area (Å²) in [5.74, 6) is -1.05. The molecular weight excluding hydrogens is 276 g/mol. The van der Waals surface area contributed by atoms with Crippen LogP contribution >= 0.6 is 0 Å². The van der Waals surface area contributed by atoms with Crippen molar-refractivity contribution in [1.29, 1.82) is 0 Å². The third kappa shape index (κ3) is 1.58. The molecule has 0 spiro atoms. The highest BCUT2D eigenvalue weighted by molar-refractivity contribution is 5.44. The van der Waals surface area contributed by atoms with E-state index in [9.17, 15) is 5.11 Å². The van der Waals surface area contributed by atoms with Crippen LogP contribution < -0.4 is 0 Å². The minimum Gasteiger partial charge on any atom is -0.467 e. The van der Waals surface area contributed by atoms with Crippen LogP contribution in [0.1, 0.15) is 18.1 Å². The molecule has 3 nitrogen and oxygen atoms in total. The molecule has 0 saturated carbocycles. The van der Waals surface area contributed by atoms with Crippen molar-refractivity contribution in [1.82, 2.24) is 0 Å². The molecule has 3 heteroatoms. The normalized spacial score (nSPS) is 29.3. The Hall–Kier alpha value is -2.10. The molecule has 0 bridgehead atoms. The molecule has 2 heterocycles. The number of fused-ring (bicyclic) bond motifs is 1. The zero-order valence-electron chi connectivity index (χ0n) is 12.3. The summed E-state index contributed by atoms with van der Waals surface area (Å²) in [6.07, 6.45) is 2.93. The average molecular weight is 294 g/mol. The van der Waals surface area contributed by atoms with Gasteiger partial charge >= 0.3 is 0 Å². The van der Waals surface area contributed by atoms with Crippen LogP contribution in [0.15, 0.2) is 73.0 Å². The van der Waals surface area contributed by atoms with E-state index in [-0.39, 0.29) is 5.92 Å². The lowest BCUT2D eigenvalue weighted by molar-refractivity contribution is -0.408. The molecular formula is C19H18O3. The molecule has 2 aliphatic rings. The predicted molar refractivity (Wildman–Crippen MR) is 82.9 cm³/mol. The number of aliphatic hydroxyl groups excluding tert-OH is 1. The molecule has 2 aliphatic heterocycles. The maximum atomic E-state index is 10.2. The van der Waals surface area contributed by atoms with Crippen molar-refractivity contribution in [3.05, 3.63) is 84.1 Å². The molecule has 0 amide bonds. The zero-order valence-corrected chi connectivity index (χ0v) is 12.3. The number of rotatable bonds is 3. The van der Waals surface area contributed by atoms with Gasteiger partial charge in [-0.1, -0.05) is 60.7 Å². The molecule has 22 heavy (non-hydrogen) atoms. The Morgan fingerprint density at radius 1 is 0.955 bits per heavy atom. The average Bonchev–Trinajstić information content (AvgIpc) is 2.89. The van der Waals surface area contributed by atoms with E-state index in [1.807, 2.05) is 42.5 Å². The Bertz CT molecular complexity index is 654.